The molecule has 0 aliphatic rings. The van der Waals surface area contributed by atoms with Crippen LogP contribution in [0.15, 0.2) is 48.5 Å². The third-order valence-electron chi connectivity index (χ3n) is 6.47. The Morgan fingerprint density at radius 3 is 1.55 bits per heavy atom. The molecule has 0 bridgehead atoms. The van der Waals surface area contributed by atoms with Crippen LogP contribution in [-0.4, -0.2) is 4.98 Å². The molecule has 1 heterocycles. The fraction of sp³-hybridized carbons (Fsp3) is 0.367. The molecule has 4 aromatic rings. The Kier molecular flexibility index (Phi) is 6.41. The molecule has 0 fully saturated rings. The second-order valence-corrected chi connectivity index (χ2v) is 9.17. The zero-order chi connectivity index (χ0) is 22.0. The minimum atomic E-state index is 1.13. The van der Waals surface area contributed by atoms with E-state index in [-0.39, 0.29) is 0 Å². The highest BCUT2D eigenvalue weighted by Gasteiger charge is 2.16. The Balaban J connectivity index is 2.02. The predicted molar refractivity (Wildman–Crippen MR) is 136 cm³/mol. The van der Waals surface area contributed by atoms with Gasteiger partial charge in [-0.15, -0.1) is 0 Å². The molecule has 0 unspecified atom stereocenters. The molecule has 0 saturated carbocycles. The lowest BCUT2D eigenvalue weighted by molar-refractivity contribution is 0.795. The van der Waals surface area contributed by atoms with Crippen LogP contribution < -0.4 is 0 Å². The molecule has 0 spiro atoms. The van der Waals surface area contributed by atoms with E-state index in [0.29, 0.717) is 0 Å². The summed E-state index contributed by atoms with van der Waals surface area (Å²) in [6, 6.07) is 18.5. The fourth-order valence-corrected chi connectivity index (χ4v) is 4.95. The summed E-state index contributed by atoms with van der Waals surface area (Å²) >= 11 is 0. The molecule has 1 aromatic heterocycles. The third kappa shape index (κ3) is 4.37. The Morgan fingerprint density at radius 2 is 1.10 bits per heavy atom. The number of unbranched alkanes of at least 4 members (excludes halogenated alkanes) is 2. The van der Waals surface area contributed by atoms with Crippen molar-refractivity contribution in [2.75, 3.05) is 0 Å². The first-order chi connectivity index (χ1) is 15.0. The second kappa shape index (κ2) is 9.22. The van der Waals surface area contributed by atoms with Crippen LogP contribution in [0.2, 0.25) is 0 Å². The van der Waals surface area contributed by atoms with Gasteiger partial charge in [0.1, 0.15) is 0 Å². The van der Waals surface area contributed by atoms with Crippen molar-refractivity contribution in [2.45, 2.75) is 73.1 Å². The van der Waals surface area contributed by atoms with Crippen molar-refractivity contribution in [1.29, 1.82) is 0 Å². The molecule has 0 N–H and O–H groups in total. The highest BCUT2D eigenvalue weighted by Crippen LogP contribution is 2.39. The molecule has 0 atom stereocenters. The summed E-state index contributed by atoms with van der Waals surface area (Å²) in [6.07, 6.45) is 7.14. The number of aromatic nitrogens is 1. The fourth-order valence-electron chi connectivity index (χ4n) is 4.95. The first-order valence-corrected chi connectivity index (χ1v) is 11.9. The number of rotatable bonds is 7. The maximum Gasteiger partial charge on any atom is 0.0718 e. The lowest BCUT2D eigenvalue weighted by Gasteiger charge is -2.18. The predicted octanol–water partition coefficient (Wildman–Crippen LogP) is 8.67. The summed E-state index contributed by atoms with van der Waals surface area (Å²) in [5.41, 5.74) is 11.8. The normalized spacial score (nSPS) is 11.5. The van der Waals surface area contributed by atoms with Gasteiger partial charge in [0.2, 0.25) is 0 Å². The topological polar surface area (TPSA) is 12.9 Å². The molecule has 4 rings (SSSR count). The standard InChI is InChI=1S/C30H35N/c1-6-8-10-23-12-14-25-27(18-23)31-28-19-24(11-9-7-2)13-15-26(28)30(25)29-21(4)16-20(3)17-22(29)5/h12-19H,6-11H2,1-5H3. The van der Waals surface area contributed by atoms with Crippen LogP contribution in [-0.2, 0) is 12.8 Å². The van der Waals surface area contributed by atoms with Crippen LogP contribution in [0.4, 0.5) is 0 Å². The van der Waals surface area contributed by atoms with E-state index in [1.807, 2.05) is 0 Å². The number of benzene rings is 3. The van der Waals surface area contributed by atoms with E-state index >= 15 is 0 Å². The van der Waals surface area contributed by atoms with Crippen molar-refractivity contribution in [3.8, 4) is 11.1 Å². The van der Waals surface area contributed by atoms with E-state index in [0.717, 1.165) is 23.9 Å². The molecule has 1 nitrogen and oxygen atoms in total. The highest BCUT2D eigenvalue weighted by atomic mass is 14.7. The zero-order valence-electron chi connectivity index (χ0n) is 19.8. The van der Waals surface area contributed by atoms with E-state index in [2.05, 4.69) is 83.1 Å². The van der Waals surface area contributed by atoms with Gasteiger partial charge in [-0.3, -0.25) is 0 Å². The van der Waals surface area contributed by atoms with Gasteiger partial charge in [-0.05, 0) is 86.4 Å². The largest absolute Gasteiger partial charge is 0.248 e. The number of hydrogen-bond acceptors (Lipinski definition) is 1. The van der Waals surface area contributed by atoms with Crippen LogP contribution in [0, 0.1) is 20.8 Å². The Hall–Kier alpha value is -2.67. The van der Waals surface area contributed by atoms with Crippen LogP contribution in [0.1, 0.15) is 67.3 Å². The summed E-state index contributed by atoms with van der Waals surface area (Å²) in [5, 5.41) is 2.54. The van der Waals surface area contributed by atoms with Gasteiger partial charge >= 0.3 is 0 Å². The van der Waals surface area contributed by atoms with E-state index in [9.17, 15) is 0 Å². The number of aryl methyl sites for hydroxylation is 5. The van der Waals surface area contributed by atoms with E-state index in [4.69, 9.17) is 4.98 Å². The Morgan fingerprint density at radius 1 is 0.613 bits per heavy atom. The average molecular weight is 410 g/mol. The van der Waals surface area contributed by atoms with Gasteiger partial charge < -0.3 is 0 Å². The zero-order valence-corrected chi connectivity index (χ0v) is 19.8. The quantitative estimate of drug-likeness (QED) is 0.278. The first-order valence-electron chi connectivity index (χ1n) is 11.9. The molecule has 1 heteroatoms. The van der Waals surface area contributed by atoms with Crippen molar-refractivity contribution in [2.24, 2.45) is 0 Å². The molecule has 0 amide bonds. The highest BCUT2D eigenvalue weighted by molar-refractivity contribution is 6.10. The Bertz CT molecular complexity index is 1140. The third-order valence-corrected chi connectivity index (χ3v) is 6.47. The lowest BCUT2D eigenvalue weighted by atomic mass is 9.88. The van der Waals surface area contributed by atoms with Crippen LogP contribution in [0.3, 0.4) is 0 Å². The van der Waals surface area contributed by atoms with Crippen LogP contribution >= 0.6 is 0 Å². The van der Waals surface area contributed by atoms with Crippen molar-refractivity contribution < 1.29 is 0 Å². The summed E-state index contributed by atoms with van der Waals surface area (Å²) < 4.78 is 0. The molecule has 3 aromatic carbocycles. The second-order valence-electron chi connectivity index (χ2n) is 9.17. The first kappa shape index (κ1) is 21.6. The maximum absolute atomic E-state index is 5.18. The van der Waals surface area contributed by atoms with E-state index in [1.165, 1.54) is 75.4 Å². The van der Waals surface area contributed by atoms with Gasteiger partial charge in [0, 0.05) is 16.3 Å². The van der Waals surface area contributed by atoms with Gasteiger partial charge in [-0.25, -0.2) is 4.98 Å². The molecule has 0 aliphatic heterocycles. The molecular formula is C30H35N. The van der Waals surface area contributed by atoms with Gasteiger partial charge in [0.15, 0.2) is 0 Å². The van der Waals surface area contributed by atoms with Crippen molar-refractivity contribution in [3.63, 3.8) is 0 Å². The van der Waals surface area contributed by atoms with E-state index in [1.54, 1.807) is 0 Å². The summed E-state index contributed by atoms with van der Waals surface area (Å²) in [6.45, 7) is 11.2. The Labute approximate surface area is 187 Å². The van der Waals surface area contributed by atoms with E-state index < -0.39 is 0 Å². The van der Waals surface area contributed by atoms with Crippen molar-refractivity contribution in [3.05, 3.63) is 76.3 Å². The van der Waals surface area contributed by atoms with Gasteiger partial charge in [0.05, 0.1) is 11.0 Å². The van der Waals surface area contributed by atoms with Crippen molar-refractivity contribution in [1.82, 2.24) is 4.98 Å². The molecule has 160 valence electrons. The SMILES string of the molecule is CCCCc1ccc2c(-c3c(C)cc(C)cc3C)c3ccc(CCCC)cc3nc2c1. The van der Waals surface area contributed by atoms with Crippen LogP contribution in [0.5, 0.6) is 0 Å². The number of hydrogen-bond donors (Lipinski definition) is 0. The number of fused-ring (bicyclic) bond motifs is 2. The summed E-state index contributed by atoms with van der Waals surface area (Å²) in [4.78, 5) is 5.18. The molecule has 0 aliphatic carbocycles. The smallest absolute Gasteiger partial charge is 0.0718 e. The monoisotopic (exact) mass is 409 g/mol. The van der Waals surface area contributed by atoms with Crippen LogP contribution in [0.25, 0.3) is 32.9 Å². The lowest BCUT2D eigenvalue weighted by Crippen LogP contribution is -1.96. The maximum atomic E-state index is 5.18. The molecule has 31 heavy (non-hydrogen) atoms. The molecular weight excluding hydrogens is 374 g/mol. The van der Waals surface area contributed by atoms with Crippen molar-refractivity contribution >= 4 is 21.8 Å². The van der Waals surface area contributed by atoms with Gasteiger partial charge in [0.25, 0.3) is 0 Å². The summed E-state index contributed by atoms with van der Waals surface area (Å²) in [5.74, 6) is 0. The number of pyridine rings is 1. The number of nitrogens with zero attached hydrogens (tertiary/aromatic N) is 1. The molecule has 0 radical (unpaired) electrons. The average Bonchev–Trinajstić information content (AvgIpc) is 2.74. The summed E-state index contributed by atoms with van der Waals surface area (Å²) in [7, 11) is 0. The van der Waals surface area contributed by atoms with Gasteiger partial charge in [-0.2, -0.15) is 0 Å². The van der Waals surface area contributed by atoms with Gasteiger partial charge in [-0.1, -0.05) is 68.7 Å². The minimum Gasteiger partial charge on any atom is -0.248 e. The molecule has 0 saturated heterocycles. The minimum absolute atomic E-state index is 1.13.